The van der Waals surface area contributed by atoms with Crippen LogP contribution in [0.25, 0.3) is 11.0 Å². The second-order valence-electron chi connectivity index (χ2n) is 2.46. The monoisotopic (exact) mass is 486 g/mol. The largest absolute Gasteiger partial charge is 0.374 e. The van der Waals surface area contributed by atoms with Gasteiger partial charge in [-0.1, -0.05) is 5.39 Å². The first-order chi connectivity index (χ1) is 5.68. The molecule has 0 aliphatic rings. The van der Waals surface area contributed by atoms with Gasteiger partial charge in [-0.25, -0.2) is 0 Å². The summed E-state index contributed by atoms with van der Waals surface area (Å²) in [6.07, 6.45) is 2.53. The molecular formula is C7H6N4OVWY-2. The van der Waals surface area contributed by atoms with E-state index in [0.29, 0.717) is 16.9 Å². The molecule has 2 heterocycles. The molecule has 0 unspecified atom stereocenters. The molecule has 2 aromatic heterocycles. The van der Waals surface area contributed by atoms with Gasteiger partial charge < -0.3 is 14.5 Å². The maximum atomic E-state index is 11.2. The first-order valence-corrected chi connectivity index (χ1v) is 3.36. The van der Waals surface area contributed by atoms with Gasteiger partial charge in [-0.05, 0) is 13.1 Å². The molecule has 0 spiro atoms. The number of hydrogen-bond donors (Lipinski definition) is 1. The molecule has 0 bridgehead atoms. The first kappa shape index (κ1) is 18.0. The maximum absolute atomic E-state index is 11.2. The van der Waals surface area contributed by atoms with E-state index in [9.17, 15) is 4.79 Å². The normalized spacial score (nSPS) is 8.60. The Morgan fingerprint density at radius 3 is 2.73 bits per heavy atom. The van der Waals surface area contributed by atoms with Crippen molar-refractivity contribution in [2.75, 3.05) is 0 Å². The van der Waals surface area contributed by atoms with E-state index in [1.807, 2.05) is 0 Å². The fourth-order valence-electron chi connectivity index (χ4n) is 1.02. The van der Waals surface area contributed by atoms with Crippen LogP contribution in [0.1, 0.15) is 5.82 Å². The van der Waals surface area contributed by atoms with E-state index in [2.05, 4.69) is 28.3 Å². The predicted octanol–water partition coefficient (Wildman–Crippen LogP) is -0.140. The van der Waals surface area contributed by atoms with Crippen molar-refractivity contribution in [2.24, 2.45) is 0 Å². The van der Waals surface area contributed by atoms with Crippen molar-refractivity contribution in [2.45, 2.75) is 6.92 Å². The van der Waals surface area contributed by atoms with Crippen molar-refractivity contribution in [1.82, 2.24) is 19.7 Å². The van der Waals surface area contributed by atoms with Crippen molar-refractivity contribution in [3.8, 4) is 0 Å². The Morgan fingerprint density at radius 1 is 1.53 bits per heavy atom. The van der Waals surface area contributed by atoms with Gasteiger partial charge in [0.05, 0.1) is 5.82 Å². The van der Waals surface area contributed by atoms with Crippen LogP contribution in [0.15, 0.2) is 4.79 Å². The standard InChI is InChI=1S/C7H6N4O.V.W.Y/c1-4-9-6-5(7(12)10-4)3-8-11(6)2;;;/h2H2,1H3,(H,9,10,12);;;/q-2;;;. The summed E-state index contributed by atoms with van der Waals surface area (Å²) in [5.74, 6) is 0.548. The van der Waals surface area contributed by atoms with Crippen LogP contribution in [0.4, 0.5) is 0 Å². The number of rotatable bonds is 0. The van der Waals surface area contributed by atoms with Gasteiger partial charge in [0.1, 0.15) is 5.56 Å². The fourth-order valence-corrected chi connectivity index (χ4v) is 1.02. The van der Waals surface area contributed by atoms with Crippen LogP contribution < -0.4 is 5.56 Å². The Morgan fingerprint density at radius 2 is 2.13 bits per heavy atom. The summed E-state index contributed by atoms with van der Waals surface area (Å²) in [6, 6.07) is 0. The number of aromatic amines is 1. The van der Waals surface area contributed by atoms with Crippen molar-refractivity contribution < 1.29 is 72.3 Å². The van der Waals surface area contributed by atoms with Gasteiger partial charge in [0, 0.05) is 78.0 Å². The van der Waals surface area contributed by atoms with Crippen LogP contribution >= 0.6 is 0 Å². The zero-order valence-corrected chi connectivity index (χ0v) is 15.1. The van der Waals surface area contributed by atoms with E-state index in [0.717, 1.165) is 0 Å². The van der Waals surface area contributed by atoms with Crippen LogP contribution in [0, 0.1) is 20.2 Å². The second-order valence-corrected chi connectivity index (χ2v) is 2.46. The molecule has 0 amide bonds. The number of nitrogens with one attached hydrogen (secondary N) is 1. The van der Waals surface area contributed by atoms with E-state index in [1.54, 1.807) is 6.92 Å². The molecule has 8 heteroatoms. The Kier molecular flexibility index (Phi) is 8.42. The Labute approximate surface area is 138 Å². The van der Waals surface area contributed by atoms with Crippen molar-refractivity contribution >= 4 is 11.0 Å². The van der Waals surface area contributed by atoms with Crippen LogP contribution in [0.5, 0.6) is 0 Å². The summed E-state index contributed by atoms with van der Waals surface area (Å²) < 4.78 is 1.28. The predicted molar refractivity (Wildman–Crippen MR) is 42.5 cm³/mol. The van der Waals surface area contributed by atoms with Crippen LogP contribution in [-0.2, 0) is 72.3 Å². The number of H-pyrrole nitrogens is 1. The van der Waals surface area contributed by atoms with Gasteiger partial charge >= 0.3 is 0 Å². The van der Waals surface area contributed by atoms with Crippen molar-refractivity contribution in [3.63, 3.8) is 0 Å². The van der Waals surface area contributed by atoms with Crippen molar-refractivity contribution in [1.29, 1.82) is 0 Å². The molecule has 2 radical (unpaired) electrons. The molecule has 0 aliphatic heterocycles. The molecule has 0 aromatic carbocycles. The number of fused-ring (bicyclic) bond motifs is 1. The first-order valence-electron chi connectivity index (χ1n) is 3.36. The summed E-state index contributed by atoms with van der Waals surface area (Å²) >= 11 is 0. The molecular weight excluding hydrogens is 480 g/mol. The molecule has 2 rings (SSSR count). The van der Waals surface area contributed by atoms with Crippen LogP contribution in [-0.4, -0.2) is 19.7 Å². The summed E-state index contributed by atoms with van der Waals surface area (Å²) in [5, 5.41) is 4.04. The van der Waals surface area contributed by atoms with Gasteiger partial charge in [0.15, 0.2) is 0 Å². The summed E-state index contributed by atoms with van der Waals surface area (Å²) in [4.78, 5) is 17.8. The summed E-state index contributed by atoms with van der Waals surface area (Å²) in [7, 11) is 3.55. The zero-order chi connectivity index (χ0) is 8.72. The van der Waals surface area contributed by atoms with E-state index in [-0.39, 0.29) is 77.9 Å². The van der Waals surface area contributed by atoms with Gasteiger partial charge in [-0.15, -0.1) is 7.05 Å². The van der Waals surface area contributed by atoms with Gasteiger partial charge in [-0.3, -0.25) is 10.1 Å². The third-order valence-corrected chi connectivity index (χ3v) is 1.55. The molecule has 15 heavy (non-hydrogen) atoms. The average molecular weight is 486 g/mol. The topological polar surface area (TPSA) is 63.6 Å². The van der Waals surface area contributed by atoms with E-state index in [4.69, 9.17) is 0 Å². The van der Waals surface area contributed by atoms with Gasteiger partial charge in [0.2, 0.25) is 0 Å². The molecule has 0 aliphatic carbocycles. The molecule has 0 atom stereocenters. The maximum Gasteiger partial charge on any atom is 0.145 e. The molecule has 1 N–H and O–H groups in total. The summed E-state index contributed by atoms with van der Waals surface area (Å²) in [5.41, 5.74) is 0.226. The third-order valence-electron chi connectivity index (χ3n) is 1.55. The molecule has 0 saturated carbocycles. The van der Waals surface area contributed by atoms with Crippen molar-refractivity contribution in [3.05, 3.63) is 29.4 Å². The SMILES string of the molecule is [CH2-]n1n[c-]c2c(=O)[nH]c(C)nc21.[V].[W].[Y]. The van der Waals surface area contributed by atoms with E-state index < -0.39 is 0 Å². The molecule has 76 valence electrons. The van der Waals surface area contributed by atoms with Gasteiger partial charge in [-0.2, -0.15) is 0 Å². The zero-order valence-electron chi connectivity index (χ0n) is 7.89. The molecule has 2 aromatic rings. The van der Waals surface area contributed by atoms with Crippen LogP contribution in [0.3, 0.4) is 0 Å². The Hall–Kier alpha value is 0.597. The minimum Gasteiger partial charge on any atom is -0.374 e. The number of hydrogen-bond acceptors (Lipinski definition) is 3. The Bertz CT molecular complexity index is 497. The molecule has 5 nitrogen and oxygen atoms in total. The smallest absolute Gasteiger partial charge is 0.145 e. The van der Waals surface area contributed by atoms with Gasteiger partial charge in [0.25, 0.3) is 0 Å². The number of nitrogens with zero attached hydrogens (tertiary/aromatic N) is 3. The minimum absolute atomic E-state index is 0. The molecule has 0 saturated heterocycles. The average Bonchev–Trinajstić information content (AvgIpc) is 2.33. The summed E-state index contributed by atoms with van der Waals surface area (Å²) in [6.45, 7) is 1.70. The third kappa shape index (κ3) is 3.54. The van der Waals surface area contributed by atoms with Crippen LogP contribution in [0.2, 0.25) is 0 Å². The second kappa shape index (κ2) is 7.03. The van der Waals surface area contributed by atoms with E-state index in [1.165, 1.54) is 4.68 Å². The fraction of sp³-hybridized carbons (Fsp3) is 0.143. The Balaban J connectivity index is 0. The quantitative estimate of drug-likeness (QED) is 0.529. The molecule has 0 fully saturated rings. The van der Waals surface area contributed by atoms with E-state index >= 15 is 0 Å². The number of aryl methyl sites for hydroxylation is 1. The number of aromatic nitrogens is 4. The minimum atomic E-state index is -0.229.